The van der Waals surface area contributed by atoms with Crippen LogP contribution in [-0.4, -0.2) is 18.4 Å². The van der Waals surface area contributed by atoms with E-state index in [1.807, 2.05) is 50.2 Å². The standard InChI is InChI=1S/C24H22N2O3/c1-16-3-7-18(8-4-16)14-26-21-13-20(11-12-22(21)29-15-23(26)27)25-24(28)19-9-5-17(2)6-10-19/h3-13H,14-15H2,1-2H3,(H,25,28). The molecule has 5 nitrogen and oxygen atoms in total. The summed E-state index contributed by atoms with van der Waals surface area (Å²) in [6.45, 7) is 4.46. The van der Waals surface area contributed by atoms with Crippen molar-refractivity contribution in [3.05, 3.63) is 89.0 Å². The highest BCUT2D eigenvalue weighted by molar-refractivity contribution is 6.05. The highest BCUT2D eigenvalue weighted by Gasteiger charge is 2.26. The molecule has 3 aromatic rings. The van der Waals surface area contributed by atoms with Gasteiger partial charge >= 0.3 is 0 Å². The Balaban J connectivity index is 1.59. The first-order chi connectivity index (χ1) is 14.0. The van der Waals surface area contributed by atoms with Crippen molar-refractivity contribution in [2.75, 3.05) is 16.8 Å². The predicted molar refractivity (Wildman–Crippen MR) is 113 cm³/mol. The molecule has 3 aromatic carbocycles. The van der Waals surface area contributed by atoms with Crippen molar-refractivity contribution in [1.82, 2.24) is 0 Å². The van der Waals surface area contributed by atoms with Crippen LogP contribution in [0.5, 0.6) is 5.75 Å². The number of benzene rings is 3. The summed E-state index contributed by atoms with van der Waals surface area (Å²) in [5.74, 6) is 0.322. The maximum atomic E-state index is 12.5. The second-order valence-corrected chi connectivity index (χ2v) is 7.26. The van der Waals surface area contributed by atoms with E-state index in [1.54, 1.807) is 35.2 Å². The van der Waals surface area contributed by atoms with Gasteiger partial charge in [0.25, 0.3) is 11.8 Å². The molecule has 146 valence electrons. The van der Waals surface area contributed by atoms with Gasteiger partial charge in [0.05, 0.1) is 12.2 Å². The molecule has 1 N–H and O–H groups in total. The van der Waals surface area contributed by atoms with E-state index in [-0.39, 0.29) is 18.4 Å². The molecule has 0 radical (unpaired) electrons. The Morgan fingerprint density at radius 3 is 2.31 bits per heavy atom. The van der Waals surface area contributed by atoms with E-state index in [4.69, 9.17) is 4.74 Å². The van der Waals surface area contributed by atoms with E-state index in [9.17, 15) is 9.59 Å². The fourth-order valence-corrected chi connectivity index (χ4v) is 3.24. The second kappa shape index (κ2) is 7.80. The molecule has 0 bridgehead atoms. The minimum Gasteiger partial charge on any atom is -0.482 e. The highest BCUT2D eigenvalue weighted by atomic mass is 16.5. The Morgan fingerprint density at radius 2 is 1.62 bits per heavy atom. The van der Waals surface area contributed by atoms with Crippen LogP contribution in [-0.2, 0) is 11.3 Å². The molecular weight excluding hydrogens is 364 g/mol. The third-order valence-electron chi connectivity index (χ3n) is 4.93. The molecule has 0 atom stereocenters. The summed E-state index contributed by atoms with van der Waals surface area (Å²) in [5, 5.41) is 2.90. The summed E-state index contributed by atoms with van der Waals surface area (Å²) in [4.78, 5) is 26.8. The van der Waals surface area contributed by atoms with Gasteiger partial charge in [-0.15, -0.1) is 0 Å². The quantitative estimate of drug-likeness (QED) is 0.719. The third-order valence-corrected chi connectivity index (χ3v) is 4.93. The number of amides is 2. The van der Waals surface area contributed by atoms with Crippen molar-refractivity contribution in [2.24, 2.45) is 0 Å². The molecular formula is C24H22N2O3. The van der Waals surface area contributed by atoms with Crippen molar-refractivity contribution in [1.29, 1.82) is 0 Å². The fraction of sp³-hybridized carbons (Fsp3) is 0.167. The number of nitrogens with one attached hydrogen (secondary N) is 1. The van der Waals surface area contributed by atoms with Crippen LogP contribution in [0.25, 0.3) is 0 Å². The zero-order valence-corrected chi connectivity index (χ0v) is 16.4. The monoisotopic (exact) mass is 386 g/mol. The summed E-state index contributed by atoms with van der Waals surface area (Å²) in [7, 11) is 0. The van der Waals surface area contributed by atoms with E-state index in [0.717, 1.165) is 11.1 Å². The van der Waals surface area contributed by atoms with Crippen molar-refractivity contribution in [3.63, 3.8) is 0 Å². The molecule has 0 spiro atoms. The Morgan fingerprint density at radius 1 is 0.966 bits per heavy atom. The lowest BCUT2D eigenvalue weighted by Gasteiger charge is -2.30. The number of aryl methyl sites for hydroxylation is 2. The summed E-state index contributed by atoms with van der Waals surface area (Å²) in [5.41, 5.74) is 5.15. The third kappa shape index (κ3) is 4.14. The van der Waals surface area contributed by atoms with Crippen LogP contribution in [0, 0.1) is 13.8 Å². The molecule has 1 aliphatic heterocycles. The SMILES string of the molecule is Cc1ccc(CN2C(=O)COc3ccc(NC(=O)c4ccc(C)cc4)cc32)cc1. The molecule has 0 aromatic heterocycles. The summed E-state index contributed by atoms with van der Waals surface area (Å²) in [6, 6.07) is 20.8. The van der Waals surface area contributed by atoms with E-state index in [2.05, 4.69) is 5.32 Å². The molecule has 0 unspecified atom stereocenters. The molecule has 1 heterocycles. The van der Waals surface area contributed by atoms with Crippen LogP contribution in [0.4, 0.5) is 11.4 Å². The molecule has 0 saturated carbocycles. The van der Waals surface area contributed by atoms with E-state index < -0.39 is 0 Å². The largest absolute Gasteiger partial charge is 0.482 e. The van der Waals surface area contributed by atoms with Gasteiger partial charge in [0.15, 0.2) is 6.61 Å². The molecule has 5 heteroatoms. The number of ether oxygens (including phenoxy) is 1. The number of hydrogen-bond acceptors (Lipinski definition) is 3. The van der Waals surface area contributed by atoms with E-state index in [0.29, 0.717) is 29.2 Å². The molecule has 4 rings (SSSR count). The second-order valence-electron chi connectivity index (χ2n) is 7.26. The summed E-state index contributed by atoms with van der Waals surface area (Å²) < 4.78 is 5.58. The lowest BCUT2D eigenvalue weighted by atomic mass is 10.1. The van der Waals surface area contributed by atoms with Crippen LogP contribution < -0.4 is 15.0 Å². The average molecular weight is 386 g/mol. The van der Waals surface area contributed by atoms with Gasteiger partial charge < -0.3 is 15.0 Å². The fourth-order valence-electron chi connectivity index (χ4n) is 3.24. The van der Waals surface area contributed by atoms with Gasteiger partial charge in [-0.05, 0) is 49.7 Å². The maximum absolute atomic E-state index is 12.5. The van der Waals surface area contributed by atoms with Gasteiger partial charge in [-0.2, -0.15) is 0 Å². The Bertz CT molecular complexity index is 1060. The highest BCUT2D eigenvalue weighted by Crippen LogP contribution is 2.35. The van der Waals surface area contributed by atoms with Gasteiger partial charge in [-0.1, -0.05) is 47.5 Å². The van der Waals surface area contributed by atoms with Crippen molar-refractivity contribution >= 4 is 23.2 Å². The van der Waals surface area contributed by atoms with Crippen LogP contribution in [0.1, 0.15) is 27.0 Å². The minimum atomic E-state index is -0.196. The predicted octanol–water partition coefficient (Wildman–Crippen LogP) is 4.48. The number of fused-ring (bicyclic) bond motifs is 1. The molecule has 29 heavy (non-hydrogen) atoms. The first kappa shape index (κ1) is 18.7. The lowest BCUT2D eigenvalue weighted by molar-refractivity contribution is -0.121. The Kier molecular flexibility index (Phi) is 5.04. The van der Waals surface area contributed by atoms with Gasteiger partial charge in [0.2, 0.25) is 0 Å². The van der Waals surface area contributed by atoms with Gasteiger partial charge in [0, 0.05) is 11.3 Å². The summed E-state index contributed by atoms with van der Waals surface area (Å²) >= 11 is 0. The van der Waals surface area contributed by atoms with Crippen molar-refractivity contribution < 1.29 is 14.3 Å². The normalized spacial score (nSPS) is 12.9. The van der Waals surface area contributed by atoms with Crippen molar-refractivity contribution in [3.8, 4) is 5.75 Å². The zero-order valence-electron chi connectivity index (χ0n) is 16.4. The smallest absolute Gasteiger partial charge is 0.265 e. The lowest BCUT2D eigenvalue weighted by Crippen LogP contribution is -2.38. The van der Waals surface area contributed by atoms with E-state index >= 15 is 0 Å². The molecule has 1 aliphatic rings. The number of rotatable bonds is 4. The Labute approximate surface area is 169 Å². The Hall–Kier alpha value is -3.60. The zero-order chi connectivity index (χ0) is 20.4. The maximum Gasteiger partial charge on any atom is 0.265 e. The minimum absolute atomic E-state index is 0.00787. The average Bonchev–Trinajstić information content (AvgIpc) is 2.72. The number of hydrogen-bond donors (Lipinski definition) is 1. The van der Waals surface area contributed by atoms with Gasteiger partial charge in [0.1, 0.15) is 5.75 Å². The van der Waals surface area contributed by atoms with E-state index in [1.165, 1.54) is 5.56 Å². The molecule has 0 aliphatic carbocycles. The molecule has 2 amide bonds. The molecule has 0 fully saturated rings. The van der Waals surface area contributed by atoms with Crippen LogP contribution in [0.15, 0.2) is 66.7 Å². The number of carbonyl (C=O) groups is 2. The number of nitrogens with zero attached hydrogens (tertiary/aromatic N) is 1. The van der Waals surface area contributed by atoms with Crippen LogP contribution >= 0.6 is 0 Å². The number of anilines is 2. The first-order valence-corrected chi connectivity index (χ1v) is 9.50. The number of carbonyl (C=O) groups excluding carboxylic acids is 2. The summed E-state index contributed by atoms with van der Waals surface area (Å²) in [6.07, 6.45) is 0. The van der Waals surface area contributed by atoms with Gasteiger partial charge in [-0.25, -0.2) is 0 Å². The first-order valence-electron chi connectivity index (χ1n) is 9.50. The van der Waals surface area contributed by atoms with Gasteiger partial charge in [-0.3, -0.25) is 9.59 Å². The van der Waals surface area contributed by atoms with Crippen LogP contribution in [0.3, 0.4) is 0 Å². The van der Waals surface area contributed by atoms with Crippen molar-refractivity contribution in [2.45, 2.75) is 20.4 Å². The van der Waals surface area contributed by atoms with Crippen LogP contribution in [0.2, 0.25) is 0 Å². The topological polar surface area (TPSA) is 58.6 Å². The molecule has 0 saturated heterocycles.